The van der Waals surface area contributed by atoms with Crippen molar-refractivity contribution in [3.8, 4) is 0 Å². The van der Waals surface area contributed by atoms with Crippen molar-refractivity contribution in [2.75, 3.05) is 13.6 Å². The first-order chi connectivity index (χ1) is 9.13. The summed E-state index contributed by atoms with van der Waals surface area (Å²) in [6.45, 7) is 0.759. The number of aromatic nitrogens is 2. The smallest absolute Gasteiger partial charge is 0.241 e. The third kappa shape index (κ3) is 3.60. The molecule has 0 aromatic carbocycles. The summed E-state index contributed by atoms with van der Waals surface area (Å²) >= 11 is 1.41. The Kier molecular flexibility index (Phi) is 4.64. The van der Waals surface area contributed by atoms with Crippen LogP contribution in [0.15, 0.2) is 27.3 Å². The number of rotatable bonds is 7. The van der Waals surface area contributed by atoms with Gasteiger partial charge in [-0.05, 0) is 18.5 Å². The first-order valence-electron chi connectivity index (χ1n) is 5.59. The molecule has 0 radical (unpaired) electrons. The van der Waals surface area contributed by atoms with Crippen molar-refractivity contribution < 1.29 is 12.9 Å². The standard InChI is InChI=1S/C10H14N4O3S2/c1-11-6-8-9(3-5-18-8)19(15,16)13-4-2-10-12-7-17-14-10/h3,5,7,11,13H,2,4,6H2,1H3. The quantitative estimate of drug-likeness (QED) is 0.767. The number of nitrogens with zero attached hydrogens (tertiary/aromatic N) is 2. The minimum Gasteiger partial charge on any atom is -0.343 e. The molecule has 0 saturated carbocycles. The second kappa shape index (κ2) is 6.24. The van der Waals surface area contributed by atoms with E-state index in [1.807, 2.05) is 0 Å². The van der Waals surface area contributed by atoms with Gasteiger partial charge in [-0.15, -0.1) is 11.3 Å². The maximum absolute atomic E-state index is 12.1. The molecule has 0 aliphatic carbocycles. The van der Waals surface area contributed by atoms with Crippen molar-refractivity contribution in [1.29, 1.82) is 0 Å². The lowest BCUT2D eigenvalue weighted by atomic mass is 10.4. The summed E-state index contributed by atoms with van der Waals surface area (Å²) in [5, 5.41) is 8.33. The molecule has 0 spiro atoms. The summed E-state index contributed by atoms with van der Waals surface area (Å²) in [7, 11) is -1.71. The Balaban J connectivity index is 1.99. The van der Waals surface area contributed by atoms with Gasteiger partial charge in [-0.1, -0.05) is 5.16 Å². The molecule has 0 amide bonds. The predicted molar refractivity (Wildman–Crippen MR) is 70.3 cm³/mol. The second-order valence-electron chi connectivity index (χ2n) is 3.73. The number of sulfonamides is 1. The number of hydrogen-bond donors (Lipinski definition) is 2. The van der Waals surface area contributed by atoms with Crippen LogP contribution in [0, 0.1) is 0 Å². The van der Waals surface area contributed by atoms with E-state index in [1.165, 1.54) is 17.7 Å². The lowest BCUT2D eigenvalue weighted by Crippen LogP contribution is -2.27. The molecule has 19 heavy (non-hydrogen) atoms. The molecule has 2 heterocycles. The predicted octanol–water partition coefficient (Wildman–Crippen LogP) is 0.371. The summed E-state index contributed by atoms with van der Waals surface area (Å²) in [6, 6.07) is 1.61. The van der Waals surface area contributed by atoms with E-state index in [2.05, 4.69) is 24.7 Å². The van der Waals surface area contributed by atoms with Crippen LogP contribution < -0.4 is 10.0 Å². The van der Waals surface area contributed by atoms with E-state index in [1.54, 1.807) is 18.5 Å². The highest BCUT2D eigenvalue weighted by molar-refractivity contribution is 7.89. The molecular weight excluding hydrogens is 288 g/mol. The lowest BCUT2D eigenvalue weighted by molar-refractivity contribution is 0.410. The SMILES string of the molecule is CNCc1sccc1S(=O)(=O)NCCc1ncon1. The van der Waals surface area contributed by atoms with Crippen molar-refractivity contribution in [2.24, 2.45) is 0 Å². The Morgan fingerprint density at radius 2 is 2.32 bits per heavy atom. The molecular formula is C10H14N4O3S2. The fourth-order valence-corrected chi connectivity index (χ4v) is 4.02. The van der Waals surface area contributed by atoms with Crippen LogP contribution in [0.3, 0.4) is 0 Å². The van der Waals surface area contributed by atoms with Crippen molar-refractivity contribution in [2.45, 2.75) is 17.9 Å². The van der Waals surface area contributed by atoms with E-state index < -0.39 is 10.0 Å². The topological polar surface area (TPSA) is 97.1 Å². The largest absolute Gasteiger partial charge is 0.343 e. The fraction of sp³-hybridized carbons (Fsp3) is 0.400. The number of hydrogen-bond acceptors (Lipinski definition) is 7. The van der Waals surface area contributed by atoms with Crippen LogP contribution in [-0.2, 0) is 23.0 Å². The van der Waals surface area contributed by atoms with E-state index in [0.717, 1.165) is 4.88 Å². The van der Waals surface area contributed by atoms with Crippen LogP contribution in [-0.4, -0.2) is 32.2 Å². The van der Waals surface area contributed by atoms with E-state index in [0.29, 0.717) is 23.7 Å². The Labute approximate surface area is 115 Å². The number of thiophene rings is 1. The average molecular weight is 302 g/mol. The third-order valence-corrected chi connectivity index (χ3v) is 4.97. The van der Waals surface area contributed by atoms with Gasteiger partial charge in [0.15, 0.2) is 5.82 Å². The van der Waals surface area contributed by atoms with Crippen LogP contribution in [0.4, 0.5) is 0 Å². The van der Waals surface area contributed by atoms with Crippen LogP contribution in [0.5, 0.6) is 0 Å². The van der Waals surface area contributed by atoms with E-state index in [-0.39, 0.29) is 6.54 Å². The van der Waals surface area contributed by atoms with E-state index in [9.17, 15) is 8.42 Å². The van der Waals surface area contributed by atoms with Gasteiger partial charge in [0.05, 0.1) is 4.90 Å². The molecule has 2 aromatic rings. The van der Waals surface area contributed by atoms with Crippen LogP contribution in [0.1, 0.15) is 10.7 Å². The van der Waals surface area contributed by atoms with Crippen molar-refractivity contribution >= 4 is 21.4 Å². The highest BCUT2D eigenvalue weighted by Gasteiger charge is 2.19. The summed E-state index contributed by atoms with van der Waals surface area (Å²) in [5.74, 6) is 0.475. The van der Waals surface area contributed by atoms with Gasteiger partial charge in [-0.3, -0.25) is 0 Å². The minimum atomic E-state index is -3.49. The van der Waals surface area contributed by atoms with Crippen molar-refractivity contribution in [1.82, 2.24) is 20.2 Å². The van der Waals surface area contributed by atoms with Gasteiger partial charge in [-0.25, -0.2) is 13.1 Å². The van der Waals surface area contributed by atoms with Gasteiger partial charge < -0.3 is 9.84 Å². The highest BCUT2D eigenvalue weighted by atomic mass is 32.2. The number of nitrogens with one attached hydrogen (secondary N) is 2. The second-order valence-corrected chi connectivity index (χ2v) is 6.47. The van der Waals surface area contributed by atoms with Gasteiger partial charge in [0.25, 0.3) is 0 Å². The summed E-state index contributed by atoms with van der Waals surface area (Å²) in [5.41, 5.74) is 0. The Hall–Kier alpha value is -1.29. The summed E-state index contributed by atoms with van der Waals surface area (Å²) < 4.78 is 31.3. The molecule has 2 aromatic heterocycles. The summed E-state index contributed by atoms with van der Waals surface area (Å²) in [4.78, 5) is 4.93. The summed E-state index contributed by atoms with van der Waals surface area (Å²) in [6.07, 6.45) is 1.61. The maximum atomic E-state index is 12.1. The van der Waals surface area contributed by atoms with Crippen LogP contribution in [0.25, 0.3) is 0 Å². The van der Waals surface area contributed by atoms with Gasteiger partial charge in [0, 0.05) is 24.4 Å². The molecule has 0 unspecified atom stereocenters. The van der Waals surface area contributed by atoms with Crippen molar-refractivity contribution in [3.63, 3.8) is 0 Å². The van der Waals surface area contributed by atoms with Gasteiger partial charge in [0.1, 0.15) is 0 Å². The van der Waals surface area contributed by atoms with E-state index >= 15 is 0 Å². The third-order valence-electron chi connectivity index (χ3n) is 2.38. The molecule has 0 bridgehead atoms. The van der Waals surface area contributed by atoms with Crippen molar-refractivity contribution in [3.05, 3.63) is 28.5 Å². The lowest BCUT2D eigenvalue weighted by Gasteiger charge is -2.06. The Morgan fingerprint density at radius 1 is 1.47 bits per heavy atom. The van der Waals surface area contributed by atoms with Crippen LogP contribution >= 0.6 is 11.3 Å². The van der Waals surface area contributed by atoms with E-state index in [4.69, 9.17) is 0 Å². The van der Waals surface area contributed by atoms with Gasteiger partial charge in [0.2, 0.25) is 16.4 Å². The minimum absolute atomic E-state index is 0.233. The monoisotopic (exact) mass is 302 g/mol. The van der Waals surface area contributed by atoms with Gasteiger partial charge >= 0.3 is 0 Å². The Bertz CT molecular complexity index is 607. The zero-order chi connectivity index (χ0) is 13.7. The molecule has 9 heteroatoms. The average Bonchev–Trinajstić information content (AvgIpc) is 3.00. The molecule has 104 valence electrons. The first kappa shape index (κ1) is 14.1. The fourth-order valence-electron chi connectivity index (χ4n) is 1.54. The van der Waals surface area contributed by atoms with Crippen LogP contribution in [0.2, 0.25) is 0 Å². The molecule has 2 rings (SSSR count). The molecule has 7 nitrogen and oxygen atoms in total. The zero-order valence-corrected chi connectivity index (χ0v) is 11.9. The first-order valence-corrected chi connectivity index (χ1v) is 7.95. The maximum Gasteiger partial charge on any atom is 0.241 e. The molecule has 0 atom stereocenters. The van der Waals surface area contributed by atoms with Gasteiger partial charge in [-0.2, -0.15) is 4.98 Å². The Morgan fingerprint density at radius 3 is 3.00 bits per heavy atom. The molecule has 0 aliphatic rings. The molecule has 0 fully saturated rings. The zero-order valence-electron chi connectivity index (χ0n) is 10.3. The normalized spacial score (nSPS) is 11.8. The molecule has 2 N–H and O–H groups in total. The highest BCUT2D eigenvalue weighted by Crippen LogP contribution is 2.21. The molecule has 0 aliphatic heterocycles. The molecule has 0 saturated heterocycles.